The third kappa shape index (κ3) is 2.18. The van der Waals surface area contributed by atoms with Crippen LogP contribution in [-0.2, 0) is 0 Å². The van der Waals surface area contributed by atoms with Crippen molar-refractivity contribution in [3.05, 3.63) is 12.2 Å². The largest absolute Gasteiger partial charge is 0.396 e. The van der Waals surface area contributed by atoms with Gasteiger partial charge in [-0.25, -0.2) is 0 Å². The van der Waals surface area contributed by atoms with Gasteiger partial charge in [-0.1, -0.05) is 12.2 Å². The second-order valence-electron chi connectivity index (χ2n) is 4.81. The number of fused-ring (bicyclic) bond motifs is 2. The van der Waals surface area contributed by atoms with Gasteiger partial charge >= 0.3 is 0 Å². The molecule has 80 valence electrons. The van der Waals surface area contributed by atoms with Crippen molar-refractivity contribution in [1.82, 2.24) is 5.32 Å². The van der Waals surface area contributed by atoms with E-state index in [0.717, 1.165) is 18.8 Å². The van der Waals surface area contributed by atoms with Crippen molar-refractivity contribution < 1.29 is 5.11 Å². The van der Waals surface area contributed by atoms with Crippen LogP contribution in [0.4, 0.5) is 0 Å². The molecule has 2 bridgehead atoms. The van der Waals surface area contributed by atoms with Crippen LogP contribution in [0.15, 0.2) is 12.2 Å². The molecule has 0 amide bonds. The number of hydrogen-bond acceptors (Lipinski definition) is 2. The summed E-state index contributed by atoms with van der Waals surface area (Å²) < 4.78 is 0. The molecule has 0 radical (unpaired) electrons. The molecule has 14 heavy (non-hydrogen) atoms. The Morgan fingerprint density at radius 3 is 2.93 bits per heavy atom. The highest BCUT2D eigenvalue weighted by atomic mass is 16.2. The van der Waals surface area contributed by atoms with Gasteiger partial charge in [0.15, 0.2) is 0 Å². The first-order valence-electron chi connectivity index (χ1n) is 5.86. The van der Waals surface area contributed by atoms with Crippen molar-refractivity contribution in [3.63, 3.8) is 0 Å². The molecule has 1 heterocycles. The summed E-state index contributed by atoms with van der Waals surface area (Å²) >= 11 is 0. The normalized spacial score (nSPS) is 35.9. The zero-order valence-corrected chi connectivity index (χ0v) is 8.84. The van der Waals surface area contributed by atoms with Crippen LogP contribution in [0, 0.1) is 5.92 Å². The molecule has 2 unspecified atom stereocenters. The Morgan fingerprint density at radius 1 is 1.43 bits per heavy atom. The van der Waals surface area contributed by atoms with Gasteiger partial charge < -0.3 is 10.4 Å². The number of unbranched alkanes of at least 4 members (excludes halogenated alkanes) is 1. The number of hydrogen-bond donors (Lipinski definition) is 2. The molecule has 2 fully saturated rings. The lowest BCUT2D eigenvalue weighted by atomic mass is 9.94. The van der Waals surface area contributed by atoms with Crippen molar-refractivity contribution >= 4 is 0 Å². The van der Waals surface area contributed by atoms with Crippen molar-refractivity contribution in [3.8, 4) is 0 Å². The zero-order valence-electron chi connectivity index (χ0n) is 8.84. The quantitative estimate of drug-likeness (QED) is 0.518. The van der Waals surface area contributed by atoms with E-state index in [1.165, 1.54) is 32.2 Å². The van der Waals surface area contributed by atoms with Gasteiger partial charge in [-0.2, -0.15) is 0 Å². The molecule has 1 aliphatic carbocycles. The summed E-state index contributed by atoms with van der Waals surface area (Å²) in [6, 6.07) is 0. The van der Waals surface area contributed by atoms with Gasteiger partial charge in [0.05, 0.1) is 0 Å². The molecule has 0 aromatic rings. The third-order valence-electron chi connectivity index (χ3n) is 3.68. The highest BCUT2D eigenvalue weighted by Crippen LogP contribution is 2.41. The van der Waals surface area contributed by atoms with Gasteiger partial charge in [0.25, 0.3) is 0 Å². The smallest absolute Gasteiger partial charge is 0.0433 e. The van der Waals surface area contributed by atoms with Crippen molar-refractivity contribution in [2.24, 2.45) is 5.92 Å². The molecule has 2 atom stereocenters. The molecule has 0 aromatic carbocycles. The van der Waals surface area contributed by atoms with Gasteiger partial charge in [-0.3, -0.25) is 0 Å². The molecule has 0 aromatic heterocycles. The average Bonchev–Trinajstić information content (AvgIpc) is 2.77. The summed E-state index contributed by atoms with van der Waals surface area (Å²) in [6.45, 7) is 1.56. The lowest BCUT2D eigenvalue weighted by Gasteiger charge is -2.26. The number of allylic oxidation sites excluding steroid dienone is 1. The number of rotatable bonds is 5. The van der Waals surface area contributed by atoms with E-state index in [1.54, 1.807) is 0 Å². The SMILES string of the molecule is OCCCC=CCC12CCC(CN1)C2. The Labute approximate surface area is 86.4 Å². The van der Waals surface area contributed by atoms with E-state index in [1.807, 2.05) is 0 Å². The van der Waals surface area contributed by atoms with E-state index in [4.69, 9.17) is 5.11 Å². The van der Waals surface area contributed by atoms with Gasteiger partial charge in [-0.15, -0.1) is 0 Å². The highest BCUT2D eigenvalue weighted by Gasteiger charge is 2.43. The van der Waals surface area contributed by atoms with Crippen LogP contribution in [0.3, 0.4) is 0 Å². The number of piperidine rings is 1. The fraction of sp³-hybridized carbons (Fsp3) is 0.833. The minimum atomic E-state index is 0.315. The van der Waals surface area contributed by atoms with E-state index in [2.05, 4.69) is 17.5 Å². The van der Waals surface area contributed by atoms with Crippen molar-refractivity contribution in [2.45, 2.75) is 44.1 Å². The molecular formula is C12H21NO. The van der Waals surface area contributed by atoms with Crippen molar-refractivity contribution in [2.75, 3.05) is 13.2 Å². The molecule has 2 aliphatic rings. The highest BCUT2D eigenvalue weighted by molar-refractivity contribution is 5.06. The first-order valence-corrected chi connectivity index (χ1v) is 5.86. The monoisotopic (exact) mass is 195 g/mol. The number of aliphatic hydroxyl groups is 1. The van der Waals surface area contributed by atoms with Crippen LogP contribution < -0.4 is 5.32 Å². The molecule has 1 saturated carbocycles. The molecule has 1 saturated heterocycles. The van der Waals surface area contributed by atoms with Gasteiger partial charge in [0.2, 0.25) is 0 Å². The van der Waals surface area contributed by atoms with E-state index >= 15 is 0 Å². The fourth-order valence-electron chi connectivity index (χ4n) is 2.83. The maximum Gasteiger partial charge on any atom is 0.0433 e. The number of nitrogens with one attached hydrogen (secondary N) is 1. The Balaban J connectivity index is 1.72. The van der Waals surface area contributed by atoms with Crippen LogP contribution in [-0.4, -0.2) is 23.8 Å². The fourth-order valence-corrected chi connectivity index (χ4v) is 2.83. The predicted molar refractivity (Wildman–Crippen MR) is 58.2 cm³/mol. The van der Waals surface area contributed by atoms with Crippen LogP contribution in [0.1, 0.15) is 38.5 Å². The second kappa shape index (κ2) is 4.45. The van der Waals surface area contributed by atoms with E-state index in [-0.39, 0.29) is 0 Å². The third-order valence-corrected chi connectivity index (χ3v) is 3.68. The van der Waals surface area contributed by atoms with Crippen LogP contribution in [0.5, 0.6) is 0 Å². The Morgan fingerprint density at radius 2 is 2.36 bits per heavy atom. The number of aliphatic hydroxyl groups excluding tert-OH is 1. The zero-order chi connectivity index (χ0) is 9.86. The summed E-state index contributed by atoms with van der Waals surface area (Å²) in [6.07, 6.45) is 11.8. The average molecular weight is 195 g/mol. The molecule has 1 aliphatic heterocycles. The standard InChI is InChI=1S/C12H21NO/c14-8-4-2-1-3-6-12-7-5-11(9-12)10-13-12/h1,3,11,13-14H,2,4-10H2. The van der Waals surface area contributed by atoms with Crippen LogP contribution >= 0.6 is 0 Å². The minimum absolute atomic E-state index is 0.315. The summed E-state index contributed by atoms with van der Waals surface area (Å²) in [5, 5.41) is 12.3. The summed E-state index contributed by atoms with van der Waals surface area (Å²) in [4.78, 5) is 0. The second-order valence-corrected chi connectivity index (χ2v) is 4.81. The Bertz CT molecular complexity index is 204. The van der Waals surface area contributed by atoms with E-state index in [9.17, 15) is 0 Å². The first-order chi connectivity index (χ1) is 6.85. The predicted octanol–water partition coefficient (Wildman–Crippen LogP) is 1.85. The lowest BCUT2D eigenvalue weighted by Crippen LogP contribution is -2.39. The Hall–Kier alpha value is -0.340. The topological polar surface area (TPSA) is 32.3 Å². The summed E-state index contributed by atoms with van der Waals surface area (Å²) in [5.41, 5.74) is 0.459. The maximum atomic E-state index is 8.63. The molecular weight excluding hydrogens is 174 g/mol. The van der Waals surface area contributed by atoms with Crippen LogP contribution in [0.25, 0.3) is 0 Å². The molecule has 2 nitrogen and oxygen atoms in total. The molecule has 2 heteroatoms. The molecule has 2 rings (SSSR count). The van der Waals surface area contributed by atoms with Gasteiger partial charge in [0, 0.05) is 12.1 Å². The van der Waals surface area contributed by atoms with Crippen molar-refractivity contribution in [1.29, 1.82) is 0 Å². The first kappa shape index (κ1) is 10.2. The van der Waals surface area contributed by atoms with E-state index < -0.39 is 0 Å². The van der Waals surface area contributed by atoms with Gasteiger partial charge in [-0.05, 0) is 51.0 Å². The minimum Gasteiger partial charge on any atom is -0.396 e. The van der Waals surface area contributed by atoms with Crippen LogP contribution in [0.2, 0.25) is 0 Å². The Kier molecular flexibility index (Phi) is 3.24. The molecule has 2 N–H and O–H groups in total. The molecule has 0 spiro atoms. The summed E-state index contributed by atoms with van der Waals surface area (Å²) in [7, 11) is 0. The van der Waals surface area contributed by atoms with Gasteiger partial charge in [0.1, 0.15) is 0 Å². The lowest BCUT2D eigenvalue weighted by molar-refractivity contribution is 0.289. The maximum absolute atomic E-state index is 8.63. The van der Waals surface area contributed by atoms with E-state index in [0.29, 0.717) is 12.1 Å². The summed E-state index contributed by atoms with van der Waals surface area (Å²) in [5.74, 6) is 0.959.